The smallest absolute Gasteiger partial charge is 0.342 e. The summed E-state index contributed by atoms with van der Waals surface area (Å²) in [5.74, 6) is -1.26. The highest BCUT2D eigenvalue weighted by molar-refractivity contribution is 6.07. The molecule has 102 valence electrons. The Bertz CT molecular complexity index is 500. The van der Waals surface area contributed by atoms with Gasteiger partial charge in [0.1, 0.15) is 5.56 Å². The molecule has 0 unspecified atom stereocenters. The van der Waals surface area contributed by atoms with Crippen molar-refractivity contribution in [3.05, 3.63) is 23.3 Å². The zero-order valence-electron chi connectivity index (χ0n) is 11.3. The van der Waals surface area contributed by atoms with E-state index in [0.29, 0.717) is 11.4 Å². The summed E-state index contributed by atoms with van der Waals surface area (Å²) in [6, 6.07) is 3.28. The molecule has 2 amide bonds. The van der Waals surface area contributed by atoms with Crippen LogP contribution in [0, 0.1) is 6.92 Å². The Morgan fingerprint density at radius 3 is 1.74 bits per heavy atom. The van der Waals surface area contributed by atoms with Crippen LogP contribution in [0.25, 0.3) is 0 Å². The lowest BCUT2D eigenvalue weighted by Gasteiger charge is -2.15. The minimum absolute atomic E-state index is 0.124. The molecule has 0 aliphatic rings. The number of esters is 1. The Kier molecular flexibility index (Phi) is 4.63. The predicted molar refractivity (Wildman–Crippen MR) is 71.1 cm³/mol. The van der Waals surface area contributed by atoms with E-state index in [1.165, 1.54) is 21.0 Å². The second kappa shape index (κ2) is 5.99. The molecule has 1 aromatic rings. The number of amides is 2. The van der Waals surface area contributed by atoms with Crippen LogP contribution in [0.3, 0.4) is 0 Å². The molecular formula is C13H16N2O4. The summed E-state index contributed by atoms with van der Waals surface area (Å²) >= 11 is 0. The largest absolute Gasteiger partial charge is 0.465 e. The van der Waals surface area contributed by atoms with Crippen LogP contribution >= 0.6 is 0 Å². The maximum absolute atomic E-state index is 11.8. The standard InChI is InChI=1S/C13H16N2O4/c1-7-5-10(14-8(2)16)12(13(18)19-4)11(6-7)15-9(3)17/h5-6H,1-4H3,(H,14,16)(H,15,17). The van der Waals surface area contributed by atoms with Gasteiger partial charge in [-0.05, 0) is 24.6 Å². The van der Waals surface area contributed by atoms with Crippen LogP contribution in [0.2, 0.25) is 0 Å². The lowest BCUT2D eigenvalue weighted by atomic mass is 10.1. The Hall–Kier alpha value is -2.37. The van der Waals surface area contributed by atoms with Gasteiger partial charge in [-0.25, -0.2) is 4.79 Å². The highest BCUT2D eigenvalue weighted by Gasteiger charge is 2.19. The first-order chi connectivity index (χ1) is 8.85. The average molecular weight is 264 g/mol. The Morgan fingerprint density at radius 2 is 1.42 bits per heavy atom. The first-order valence-electron chi connectivity index (χ1n) is 5.63. The van der Waals surface area contributed by atoms with Gasteiger partial charge in [0, 0.05) is 13.8 Å². The van der Waals surface area contributed by atoms with E-state index < -0.39 is 5.97 Å². The molecule has 19 heavy (non-hydrogen) atoms. The van der Waals surface area contributed by atoms with Gasteiger partial charge >= 0.3 is 5.97 Å². The number of carbonyl (C=O) groups excluding carboxylic acids is 3. The summed E-state index contributed by atoms with van der Waals surface area (Å²) in [5, 5.41) is 5.10. The lowest BCUT2D eigenvalue weighted by molar-refractivity contribution is -0.115. The Morgan fingerprint density at radius 1 is 1.00 bits per heavy atom. The summed E-state index contributed by atoms with van der Waals surface area (Å²) in [7, 11) is 1.23. The lowest BCUT2D eigenvalue weighted by Crippen LogP contribution is -2.17. The third kappa shape index (κ3) is 3.80. The molecule has 6 heteroatoms. The van der Waals surface area contributed by atoms with E-state index in [9.17, 15) is 14.4 Å². The highest BCUT2D eigenvalue weighted by Crippen LogP contribution is 2.27. The number of carbonyl (C=O) groups is 3. The van der Waals surface area contributed by atoms with E-state index in [2.05, 4.69) is 15.4 Å². The normalized spacial score (nSPS) is 9.68. The molecule has 0 bridgehead atoms. The average Bonchev–Trinajstić information content (AvgIpc) is 2.25. The van der Waals surface area contributed by atoms with Gasteiger partial charge in [0.15, 0.2) is 0 Å². The maximum Gasteiger partial charge on any atom is 0.342 e. The van der Waals surface area contributed by atoms with E-state index in [1.54, 1.807) is 19.1 Å². The van der Waals surface area contributed by atoms with E-state index in [0.717, 1.165) is 5.56 Å². The van der Waals surface area contributed by atoms with Crippen molar-refractivity contribution >= 4 is 29.2 Å². The summed E-state index contributed by atoms with van der Waals surface area (Å²) in [6.07, 6.45) is 0. The van der Waals surface area contributed by atoms with Crippen molar-refractivity contribution in [2.24, 2.45) is 0 Å². The van der Waals surface area contributed by atoms with Crippen molar-refractivity contribution in [2.45, 2.75) is 20.8 Å². The molecule has 6 nitrogen and oxygen atoms in total. The zero-order chi connectivity index (χ0) is 14.6. The summed E-state index contributed by atoms with van der Waals surface area (Å²) in [4.78, 5) is 34.1. The van der Waals surface area contributed by atoms with Crippen LogP contribution in [0.15, 0.2) is 12.1 Å². The molecule has 0 radical (unpaired) electrons. The fraction of sp³-hybridized carbons (Fsp3) is 0.308. The molecule has 0 aliphatic heterocycles. The van der Waals surface area contributed by atoms with Gasteiger partial charge in [0.05, 0.1) is 18.5 Å². The molecule has 2 N–H and O–H groups in total. The van der Waals surface area contributed by atoms with Crippen molar-refractivity contribution in [1.82, 2.24) is 0 Å². The number of aryl methyl sites for hydroxylation is 1. The fourth-order valence-electron chi connectivity index (χ4n) is 1.68. The molecule has 0 heterocycles. The van der Waals surface area contributed by atoms with Crippen LogP contribution in [-0.2, 0) is 14.3 Å². The molecule has 0 spiro atoms. The maximum atomic E-state index is 11.8. The van der Waals surface area contributed by atoms with Gasteiger partial charge in [-0.1, -0.05) is 0 Å². The number of hydrogen-bond donors (Lipinski definition) is 2. The Labute approximate surface area is 111 Å². The summed E-state index contributed by atoms with van der Waals surface area (Å²) in [5.41, 5.74) is 1.53. The summed E-state index contributed by atoms with van der Waals surface area (Å²) < 4.78 is 4.68. The van der Waals surface area contributed by atoms with Crippen molar-refractivity contribution in [3.63, 3.8) is 0 Å². The van der Waals surface area contributed by atoms with Crippen LogP contribution < -0.4 is 10.6 Å². The monoisotopic (exact) mass is 264 g/mol. The van der Waals surface area contributed by atoms with E-state index in [4.69, 9.17) is 0 Å². The number of ether oxygens (including phenoxy) is 1. The molecule has 1 aromatic carbocycles. The molecule has 0 aliphatic carbocycles. The molecule has 0 fully saturated rings. The second-order valence-corrected chi connectivity index (χ2v) is 4.09. The SMILES string of the molecule is COC(=O)c1c(NC(C)=O)cc(C)cc1NC(C)=O. The molecule has 0 saturated carbocycles. The minimum atomic E-state index is -0.632. The number of nitrogens with one attached hydrogen (secondary N) is 2. The molecular weight excluding hydrogens is 248 g/mol. The molecule has 0 saturated heterocycles. The van der Waals surface area contributed by atoms with Gasteiger partial charge in [-0.15, -0.1) is 0 Å². The van der Waals surface area contributed by atoms with Crippen LogP contribution in [0.4, 0.5) is 11.4 Å². The fourth-order valence-corrected chi connectivity index (χ4v) is 1.68. The first-order valence-corrected chi connectivity index (χ1v) is 5.63. The van der Waals surface area contributed by atoms with Gasteiger partial charge in [0.25, 0.3) is 0 Å². The third-order valence-electron chi connectivity index (χ3n) is 2.29. The number of hydrogen-bond acceptors (Lipinski definition) is 4. The topological polar surface area (TPSA) is 84.5 Å². The Balaban J connectivity index is 3.42. The predicted octanol–water partition coefficient (Wildman–Crippen LogP) is 1.70. The number of methoxy groups -OCH3 is 1. The van der Waals surface area contributed by atoms with Crippen LogP contribution in [-0.4, -0.2) is 24.9 Å². The van der Waals surface area contributed by atoms with Crippen molar-refractivity contribution in [2.75, 3.05) is 17.7 Å². The molecule has 0 aromatic heterocycles. The van der Waals surface area contributed by atoms with Crippen LogP contribution in [0.1, 0.15) is 29.8 Å². The van der Waals surface area contributed by atoms with Crippen molar-refractivity contribution in [3.8, 4) is 0 Å². The summed E-state index contributed by atoms with van der Waals surface area (Å²) in [6.45, 7) is 4.46. The number of anilines is 2. The van der Waals surface area contributed by atoms with Crippen LogP contribution in [0.5, 0.6) is 0 Å². The van der Waals surface area contributed by atoms with Crippen molar-refractivity contribution < 1.29 is 19.1 Å². The second-order valence-electron chi connectivity index (χ2n) is 4.09. The van der Waals surface area contributed by atoms with Gasteiger partial charge < -0.3 is 15.4 Å². The quantitative estimate of drug-likeness (QED) is 0.814. The molecule has 0 atom stereocenters. The van der Waals surface area contributed by atoms with Gasteiger partial charge in [0.2, 0.25) is 11.8 Å². The molecule has 1 rings (SSSR count). The van der Waals surface area contributed by atoms with E-state index in [-0.39, 0.29) is 17.4 Å². The van der Waals surface area contributed by atoms with E-state index >= 15 is 0 Å². The van der Waals surface area contributed by atoms with E-state index in [1.807, 2.05) is 0 Å². The minimum Gasteiger partial charge on any atom is -0.465 e. The van der Waals surface area contributed by atoms with Gasteiger partial charge in [-0.3, -0.25) is 9.59 Å². The third-order valence-corrected chi connectivity index (χ3v) is 2.29. The van der Waals surface area contributed by atoms with Gasteiger partial charge in [-0.2, -0.15) is 0 Å². The zero-order valence-corrected chi connectivity index (χ0v) is 11.3. The highest BCUT2D eigenvalue weighted by atomic mass is 16.5. The number of benzene rings is 1. The first kappa shape index (κ1) is 14.7. The van der Waals surface area contributed by atoms with Crippen molar-refractivity contribution in [1.29, 1.82) is 0 Å². The number of rotatable bonds is 3.